The van der Waals surface area contributed by atoms with E-state index in [0.29, 0.717) is 5.92 Å². The predicted molar refractivity (Wildman–Crippen MR) is 68.9 cm³/mol. The molecule has 0 N–H and O–H groups in total. The highest BCUT2D eigenvalue weighted by atomic mass is 14.1. The molecule has 0 fully saturated rings. The first kappa shape index (κ1) is 12.0. The van der Waals surface area contributed by atoms with Crippen LogP contribution in [-0.2, 0) is 0 Å². The molecule has 0 aromatic heterocycles. The summed E-state index contributed by atoms with van der Waals surface area (Å²) in [5.41, 5.74) is 4.32. The number of aryl methyl sites for hydroxylation is 1. The molecule has 0 heterocycles. The Morgan fingerprint density at radius 1 is 1.27 bits per heavy atom. The third kappa shape index (κ3) is 3.54. The van der Waals surface area contributed by atoms with Crippen LogP contribution >= 0.6 is 0 Å². The second kappa shape index (κ2) is 5.75. The Labute approximate surface area is 94.0 Å². The van der Waals surface area contributed by atoms with Crippen LogP contribution in [0.25, 0.3) is 5.57 Å². The number of hydrogen-bond donors (Lipinski definition) is 0. The minimum Gasteiger partial charge on any atom is -0.0781 e. The quantitative estimate of drug-likeness (QED) is 0.655. The van der Waals surface area contributed by atoms with Crippen molar-refractivity contribution in [1.29, 1.82) is 0 Å². The van der Waals surface area contributed by atoms with Crippen LogP contribution in [0.5, 0.6) is 0 Å². The van der Waals surface area contributed by atoms with E-state index in [9.17, 15) is 0 Å². The predicted octanol–water partition coefficient (Wildman–Crippen LogP) is 4.83. The SMILES string of the molecule is CCC/C(=C\C(C)C)c1ccccc1C. The highest BCUT2D eigenvalue weighted by Gasteiger charge is 2.04. The molecule has 0 aliphatic rings. The molecule has 82 valence electrons. The fourth-order valence-electron chi connectivity index (χ4n) is 1.91. The Morgan fingerprint density at radius 3 is 2.47 bits per heavy atom. The van der Waals surface area contributed by atoms with Gasteiger partial charge in [0, 0.05) is 0 Å². The molecule has 0 spiro atoms. The molecule has 0 radical (unpaired) electrons. The smallest absolute Gasteiger partial charge is 0.0198 e. The summed E-state index contributed by atoms with van der Waals surface area (Å²) in [6.07, 6.45) is 4.79. The Bertz CT molecular complexity index is 332. The average molecular weight is 202 g/mol. The van der Waals surface area contributed by atoms with Crippen molar-refractivity contribution in [3.63, 3.8) is 0 Å². The molecule has 0 unspecified atom stereocenters. The van der Waals surface area contributed by atoms with Gasteiger partial charge in [0.05, 0.1) is 0 Å². The van der Waals surface area contributed by atoms with Crippen molar-refractivity contribution in [3.05, 3.63) is 41.5 Å². The van der Waals surface area contributed by atoms with Gasteiger partial charge in [-0.3, -0.25) is 0 Å². The van der Waals surface area contributed by atoms with Crippen molar-refractivity contribution in [3.8, 4) is 0 Å². The molecule has 0 heteroatoms. The van der Waals surface area contributed by atoms with E-state index in [1.165, 1.54) is 29.5 Å². The van der Waals surface area contributed by atoms with Crippen molar-refractivity contribution in [2.45, 2.75) is 40.5 Å². The molecule has 0 saturated heterocycles. The number of benzene rings is 1. The Hall–Kier alpha value is -1.04. The lowest BCUT2D eigenvalue weighted by Crippen LogP contribution is -1.91. The maximum atomic E-state index is 2.39. The Morgan fingerprint density at radius 2 is 1.93 bits per heavy atom. The maximum absolute atomic E-state index is 2.39. The minimum atomic E-state index is 0.631. The van der Waals surface area contributed by atoms with Gasteiger partial charge >= 0.3 is 0 Å². The molecular formula is C15H22. The third-order valence-electron chi connectivity index (χ3n) is 2.54. The van der Waals surface area contributed by atoms with E-state index in [4.69, 9.17) is 0 Å². The summed E-state index contributed by atoms with van der Waals surface area (Å²) in [5.74, 6) is 0.631. The molecule has 0 saturated carbocycles. The van der Waals surface area contributed by atoms with E-state index >= 15 is 0 Å². The molecule has 15 heavy (non-hydrogen) atoms. The van der Waals surface area contributed by atoms with E-state index in [1.54, 1.807) is 0 Å². The van der Waals surface area contributed by atoms with Crippen LogP contribution in [0, 0.1) is 12.8 Å². The minimum absolute atomic E-state index is 0.631. The average Bonchev–Trinajstić information content (AvgIpc) is 2.17. The molecular weight excluding hydrogens is 180 g/mol. The zero-order valence-electron chi connectivity index (χ0n) is 10.4. The van der Waals surface area contributed by atoms with Crippen LogP contribution < -0.4 is 0 Å². The molecule has 0 atom stereocenters. The van der Waals surface area contributed by atoms with Crippen LogP contribution in [0.2, 0.25) is 0 Å². The van der Waals surface area contributed by atoms with Gasteiger partial charge in [-0.1, -0.05) is 57.5 Å². The first-order valence-electron chi connectivity index (χ1n) is 5.91. The van der Waals surface area contributed by atoms with Gasteiger partial charge in [0.1, 0.15) is 0 Å². The lowest BCUT2D eigenvalue weighted by molar-refractivity contribution is 0.824. The molecule has 0 amide bonds. The van der Waals surface area contributed by atoms with Gasteiger partial charge in [0.25, 0.3) is 0 Å². The van der Waals surface area contributed by atoms with Gasteiger partial charge < -0.3 is 0 Å². The summed E-state index contributed by atoms with van der Waals surface area (Å²) in [5, 5.41) is 0. The van der Waals surface area contributed by atoms with E-state index in [0.717, 1.165) is 0 Å². The fourth-order valence-corrected chi connectivity index (χ4v) is 1.91. The zero-order chi connectivity index (χ0) is 11.3. The number of allylic oxidation sites excluding steroid dienone is 2. The second-order valence-corrected chi connectivity index (χ2v) is 4.50. The van der Waals surface area contributed by atoms with Crippen LogP contribution in [0.3, 0.4) is 0 Å². The van der Waals surface area contributed by atoms with Crippen LogP contribution in [0.15, 0.2) is 30.3 Å². The Kier molecular flexibility index (Phi) is 4.61. The first-order chi connectivity index (χ1) is 7.15. The summed E-state index contributed by atoms with van der Waals surface area (Å²) in [6.45, 7) is 8.92. The lowest BCUT2D eigenvalue weighted by atomic mass is 9.94. The molecule has 0 aliphatic carbocycles. The van der Waals surface area contributed by atoms with E-state index in [1.807, 2.05) is 0 Å². The normalized spacial score (nSPS) is 12.2. The van der Waals surface area contributed by atoms with Gasteiger partial charge in [-0.15, -0.1) is 0 Å². The first-order valence-corrected chi connectivity index (χ1v) is 5.91. The molecule has 1 aromatic carbocycles. The molecule has 0 nitrogen and oxygen atoms in total. The monoisotopic (exact) mass is 202 g/mol. The Balaban J connectivity index is 3.04. The van der Waals surface area contributed by atoms with Gasteiger partial charge in [0.2, 0.25) is 0 Å². The zero-order valence-corrected chi connectivity index (χ0v) is 10.4. The fraction of sp³-hybridized carbons (Fsp3) is 0.467. The van der Waals surface area contributed by atoms with Crippen LogP contribution in [0.4, 0.5) is 0 Å². The number of rotatable bonds is 4. The topological polar surface area (TPSA) is 0 Å². The van der Waals surface area contributed by atoms with Gasteiger partial charge in [-0.2, -0.15) is 0 Å². The largest absolute Gasteiger partial charge is 0.0781 e. The molecule has 0 aliphatic heterocycles. The lowest BCUT2D eigenvalue weighted by Gasteiger charge is -2.11. The summed E-state index contributed by atoms with van der Waals surface area (Å²) < 4.78 is 0. The van der Waals surface area contributed by atoms with Gasteiger partial charge in [0.15, 0.2) is 0 Å². The van der Waals surface area contributed by atoms with E-state index < -0.39 is 0 Å². The van der Waals surface area contributed by atoms with E-state index in [2.05, 4.69) is 58.0 Å². The third-order valence-corrected chi connectivity index (χ3v) is 2.54. The molecule has 0 bridgehead atoms. The van der Waals surface area contributed by atoms with Gasteiger partial charge in [-0.25, -0.2) is 0 Å². The summed E-state index contributed by atoms with van der Waals surface area (Å²) in [4.78, 5) is 0. The number of hydrogen-bond acceptors (Lipinski definition) is 0. The van der Waals surface area contributed by atoms with Crippen LogP contribution in [-0.4, -0.2) is 0 Å². The summed E-state index contributed by atoms with van der Waals surface area (Å²) in [6, 6.07) is 8.67. The van der Waals surface area contributed by atoms with Crippen molar-refractivity contribution in [2.24, 2.45) is 5.92 Å². The van der Waals surface area contributed by atoms with Gasteiger partial charge in [-0.05, 0) is 36.0 Å². The van der Waals surface area contributed by atoms with Crippen molar-refractivity contribution in [1.82, 2.24) is 0 Å². The standard InChI is InChI=1S/C15H22/c1-5-8-14(11-12(2)3)15-10-7-6-9-13(15)4/h6-7,9-12H,5,8H2,1-4H3/b14-11+. The van der Waals surface area contributed by atoms with Crippen molar-refractivity contribution >= 4 is 5.57 Å². The molecule has 1 aromatic rings. The summed E-state index contributed by atoms with van der Waals surface area (Å²) >= 11 is 0. The van der Waals surface area contributed by atoms with Crippen molar-refractivity contribution < 1.29 is 0 Å². The summed E-state index contributed by atoms with van der Waals surface area (Å²) in [7, 11) is 0. The van der Waals surface area contributed by atoms with Crippen LogP contribution in [0.1, 0.15) is 44.7 Å². The van der Waals surface area contributed by atoms with E-state index in [-0.39, 0.29) is 0 Å². The highest BCUT2D eigenvalue weighted by molar-refractivity contribution is 5.68. The molecule has 1 rings (SSSR count). The van der Waals surface area contributed by atoms with Crippen molar-refractivity contribution in [2.75, 3.05) is 0 Å². The highest BCUT2D eigenvalue weighted by Crippen LogP contribution is 2.24. The second-order valence-electron chi connectivity index (χ2n) is 4.50. The maximum Gasteiger partial charge on any atom is -0.0198 e.